The fourth-order valence-corrected chi connectivity index (χ4v) is 0.571. The van der Waals surface area contributed by atoms with Crippen LogP contribution in [0.4, 0.5) is 0 Å². The summed E-state index contributed by atoms with van der Waals surface area (Å²) in [5.41, 5.74) is 5.20. The molecule has 5 nitrogen and oxygen atoms in total. The second-order valence-electron chi connectivity index (χ2n) is 1.94. The molecule has 0 aromatic heterocycles. The molecule has 5 heteroatoms. The van der Waals surface area contributed by atoms with Crippen LogP contribution in [-0.4, -0.2) is 24.8 Å². The minimum Gasteiger partial charge on any atom is -0.457 e. The van der Waals surface area contributed by atoms with Gasteiger partial charge in [-0.3, -0.25) is 5.73 Å². The number of nitrogens with two attached hydrogens (primary N) is 1. The zero-order chi connectivity index (χ0) is 8.27. The van der Waals surface area contributed by atoms with Crippen molar-refractivity contribution in [2.45, 2.75) is 6.23 Å². The quantitative estimate of drug-likeness (QED) is 0.453. The van der Waals surface area contributed by atoms with E-state index in [1.54, 1.807) is 0 Å². The van der Waals surface area contributed by atoms with E-state index in [4.69, 9.17) is 5.73 Å². The van der Waals surface area contributed by atoms with E-state index in [1.807, 2.05) is 0 Å². The zero-order valence-corrected chi connectivity index (χ0v) is 5.65. The number of rotatable bonds is 0. The van der Waals surface area contributed by atoms with Crippen LogP contribution >= 0.6 is 0 Å². The van der Waals surface area contributed by atoms with E-state index in [0.29, 0.717) is 0 Å². The van der Waals surface area contributed by atoms with Gasteiger partial charge in [0.25, 0.3) is 0 Å². The van der Waals surface area contributed by atoms with Gasteiger partial charge in [-0.2, -0.15) is 0 Å². The van der Waals surface area contributed by atoms with Crippen LogP contribution in [0.5, 0.6) is 0 Å². The van der Waals surface area contributed by atoms with E-state index in [-0.39, 0.29) is 6.61 Å². The summed E-state index contributed by atoms with van der Waals surface area (Å²) in [6, 6.07) is 0. The molecule has 0 fully saturated rings. The van der Waals surface area contributed by atoms with Crippen molar-refractivity contribution < 1.29 is 19.1 Å². The van der Waals surface area contributed by atoms with Gasteiger partial charge in [0, 0.05) is 12.2 Å². The molecule has 11 heavy (non-hydrogen) atoms. The molecule has 2 N–H and O–H groups in total. The number of carbonyl (C=O) groups is 2. The van der Waals surface area contributed by atoms with Crippen LogP contribution in [0.3, 0.4) is 0 Å². The minimum absolute atomic E-state index is 0.102. The Labute approximate surface area is 62.8 Å². The lowest BCUT2D eigenvalue weighted by Crippen LogP contribution is -2.33. The Morgan fingerprint density at radius 1 is 1.36 bits per heavy atom. The fourth-order valence-electron chi connectivity index (χ4n) is 0.571. The highest BCUT2D eigenvalue weighted by Crippen LogP contribution is 1.94. The summed E-state index contributed by atoms with van der Waals surface area (Å²) in [6.07, 6.45) is 1.10. The summed E-state index contributed by atoms with van der Waals surface area (Å²) in [5.74, 6) is -1.22. The van der Waals surface area contributed by atoms with Gasteiger partial charge in [-0.05, 0) is 0 Å². The van der Waals surface area contributed by atoms with Gasteiger partial charge in [0.05, 0.1) is 0 Å². The molecule has 0 saturated carbocycles. The lowest BCUT2D eigenvalue weighted by Gasteiger charge is -2.12. The van der Waals surface area contributed by atoms with Crippen molar-refractivity contribution in [2.75, 3.05) is 6.61 Å². The first-order chi connectivity index (χ1) is 5.18. The van der Waals surface area contributed by atoms with E-state index in [0.717, 1.165) is 12.2 Å². The molecular formula is C6H7NO4. The van der Waals surface area contributed by atoms with Gasteiger partial charge in [-0.1, -0.05) is 0 Å². The average Bonchev–Trinajstić information content (AvgIpc) is 1.95. The second kappa shape index (κ2) is 3.16. The predicted molar refractivity (Wildman–Crippen MR) is 34.2 cm³/mol. The highest BCUT2D eigenvalue weighted by Gasteiger charge is 2.12. The van der Waals surface area contributed by atoms with Crippen LogP contribution in [0, 0.1) is 0 Å². The molecule has 1 aliphatic rings. The molecule has 0 aliphatic carbocycles. The molecular weight excluding hydrogens is 150 g/mol. The number of carbonyl (C=O) groups excluding carboxylic acids is 2. The van der Waals surface area contributed by atoms with E-state index in [2.05, 4.69) is 9.47 Å². The molecule has 1 atom stereocenters. The number of cyclic esters (lactones) is 2. The van der Waals surface area contributed by atoms with Crippen molar-refractivity contribution in [3.8, 4) is 0 Å². The first kappa shape index (κ1) is 7.74. The summed E-state index contributed by atoms with van der Waals surface area (Å²) >= 11 is 0. The molecule has 60 valence electrons. The van der Waals surface area contributed by atoms with Crippen LogP contribution < -0.4 is 5.73 Å². The molecule has 1 unspecified atom stereocenters. The standard InChI is InChI=1S/C6H7NO4/c7-4-3-10-5(8)1-2-6(9)11-4/h1-2,4H,3,7H2. The predicted octanol–water partition coefficient (Wildman–Crippen LogP) is -1.07. The van der Waals surface area contributed by atoms with E-state index in [9.17, 15) is 9.59 Å². The van der Waals surface area contributed by atoms with Gasteiger partial charge in [-0.25, -0.2) is 9.59 Å². The van der Waals surface area contributed by atoms with Crippen molar-refractivity contribution in [2.24, 2.45) is 5.73 Å². The van der Waals surface area contributed by atoms with Crippen molar-refractivity contribution in [3.05, 3.63) is 12.2 Å². The van der Waals surface area contributed by atoms with Gasteiger partial charge >= 0.3 is 11.9 Å². The highest BCUT2D eigenvalue weighted by molar-refractivity contribution is 5.92. The third-order valence-electron chi connectivity index (χ3n) is 1.01. The second-order valence-corrected chi connectivity index (χ2v) is 1.94. The first-order valence-corrected chi connectivity index (χ1v) is 2.99. The van der Waals surface area contributed by atoms with Gasteiger partial charge in [0.1, 0.15) is 6.61 Å². The Kier molecular flexibility index (Phi) is 2.22. The lowest BCUT2D eigenvalue weighted by atomic mass is 10.4. The third-order valence-corrected chi connectivity index (χ3v) is 1.01. The van der Waals surface area contributed by atoms with E-state index < -0.39 is 18.2 Å². The zero-order valence-electron chi connectivity index (χ0n) is 5.65. The number of esters is 2. The van der Waals surface area contributed by atoms with Gasteiger partial charge < -0.3 is 9.47 Å². The summed E-state index contributed by atoms with van der Waals surface area (Å²) in [7, 11) is 0. The van der Waals surface area contributed by atoms with E-state index in [1.165, 1.54) is 0 Å². The Hall–Kier alpha value is -1.36. The maximum absolute atomic E-state index is 10.6. The van der Waals surface area contributed by atoms with Gasteiger partial charge in [0.2, 0.25) is 0 Å². The third kappa shape index (κ3) is 2.38. The molecule has 1 heterocycles. The Morgan fingerprint density at radius 3 is 2.73 bits per heavy atom. The summed E-state index contributed by atoms with van der Waals surface area (Å²) < 4.78 is 9.03. The maximum Gasteiger partial charge on any atom is 0.332 e. The molecule has 0 aromatic carbocycles. The van der Waals surface area contributed by atoms with Gasteiger partial charge in [-0.15, -0.1) is 0 Å². The number of hydrogen-bond donors (Lipinski definition) is 1. The molecule has 0 radical (unpaired) electrons. The Balaban J connectivity index is 2.65. The molecule has 0 amide bonds. The monoisotopic (exact) mass is 157 g/mol. The minimum atomic E-state index is -0.864. The van der Waals surface area contributed by atoms with Crippen LogP contribution in [0.1, 0.15) is 0 Å². The summed E-state index contributed by atoms with van der Waals surface area (Å²) in [5, 5.41) is 0. The highest BCUT2D eigenvalue weighted by atomic mass is 16.6. The Bertz CT molecular complexity index is 211. The van der Waals surface area contributed by atoms with Crippen molar-refractivity contribution in [3.63, 3.8) is 0 Å². The summed E-state index contributed by atoms with van der Waals surface area (Å²) in [6.45, 7) is -0.102. The topological polar surface area (TPSA) is 78.6 Å². The van der Waals surface area contributed by atoms with E-state index >= 15 is 0 Å². The summed E-state index contributed by atoms with van der Waals surface area (Å²) in [4.78, 5) is 21.1. The molecule has 0 bridgehead atoms. The smallest absolute Gasteiger partial charge is 0.332 e. The van der Waals surface area contributed by atoms with Crippen molar-refractivity contribution in [1.82, 2.24) is 0 Å². The molecule has 0 spiro atoms. The van der Waals surface area contributed by atoms with Gasteiger partial charge in [0.15, 0.2) is 6.23 Å². The fraction of sp³-hybridized carbons (Fsp3) is 0.333. The van der Waals surface area contributed by atoms with Crippen LogP contribution in [-0.2, 0) is 19.1 Å². The Morgan fingerprint density at radius 2 is 2.00 bits per heavy atom. The first-order valence-electron chi connectivity index (χ1n) is 2.99. The average molecular weight is 157 g/mol. The lowest BCUT2D eigenvalue weighted by molar-refractivity contribution is -0.154. The molecule has 1 aliphatic heterocycles. The molecule has 0 aromatic rings. The maximum atomic E-state index is 10.6. The van der Waals surface area contributed by atoms with Crippen molar-refractivity contribution >= 4 is 11.9 Å². The van der Waals surface area contributed by atoms with Crippen LogP contribution in [0.2, 0.25) is 0 Å². The number of ether oxygens (including phenoxy) is 2. The molecule has 1 rings (SSSR count). The number of hydrogen-bond acceptors (Lipinski definition) is 5. The van der Waals surface area contributed by atoms with Crippen LogP contribution in [0.25, 0.3) is 0 Å². The molecule has 0 saturated heterocycles. The van der Waals surface area contributed by atoms with Crippen molar-refractivity contribution in [1.29, 1.82) is 0 Å². The normalized spacial score (nSPS) is 25.0. The van der Waals surface area contributed by atoms with Crippen LogP contribution in [0.15, 0.2) is 12.2 Å². The SMILES string of the molecule is NC1COC(=O)C=CC(=O)O1. The largest absolute Gasteiger partial charge is 0.457 e.